The average molecular weight is 407 g/mol. The number of likely N-dealkylation sites (tertiary alicyclic amines) is 1. The van der Waals surface area contributed by atoms with Crippen molar-refractivity contribution in [2.75, 3.05) is 39.4 Å². The highest BCUT2D eigenvalue weighted by Crippen LogP contribution is 2.39. The Bertz CT molecular complexity index is 924. The number of morpholine rings is 1. The Morgan fingerprint density at radius 3 is 2.53 bits per heavy atom. The van der Waals surface area contributed by atoms with Gasteiger partial charge in [0.05, 0.1) is 24.8 Å². The molecule has 3 heterocycles. The molecule has 0 radical (unpaired) electrons. The Morgan fingerprint density at radius 2 is 1.83 bits per heavy atom. The standard InChI is InChI=1S/C23H25N3O4/c27-21(17-6-2-1-3-7-17)19-20(18-8-4-9-24-16-18)26(23(29)22(19)28)11-5-10-25-12-14-30-15-13-25/h1-4,6-9,16,20,27H,5,10-15H2/b21-19+/t20-/m0/s1. The Kier molecular flexibility index (Phi) is 6.21. The Hall–Kier alpha value is -3.03. The fourth-order valence-corrected chi connectivity index (χ4v) is 4.04. The van der Waals surface area contributed by atoms with Gasteiger partial charge < -0.3 is 14.7 Å². The van der Waals surface area contributed by atoms with Crippen molar-refractivity contribution in [1.82, 2.24) is 14.8 Å². The lowest BCUT2D eigenvalue weighted by Crippen LogP contribution is -2.39. The van der Waals surface area contributed by atoms with Gasteiger partial charge in [0.1, 0.15) is 5.76 Å². The minimum Gasteiger partial charge on any atom is -0.507 e. The summed E-state index contributed by atoms with van der Waals surface area (Å²) in [6.45, 7) is 4.43. The maximum absolute atomic E-state index is 12.9. The van der Waals surface area contributed by atoms with Gasteiger partial charge in [0.25, 0.3) is 11.7 Å². The van der Waals surface area contributed by atoms with E-state index in [4.69, 9.17) is 4.74 Å². The smallest absolute Gasteiger partial charge is 0.295 e. The Labute approximate surface area is 175 Å². The molecule has 7 heteroatoms. The lowest BCUT2D eigenvalue weighted by molar-refractivity contribution is -0.140. The van der Waals surface area contributed by atoms with Crippen LogP contribution < -0.4 is 0 Å². The highest BCUT2D eigenvalue weighted by molar-refractivity contribution is 6.46. The summed E-state index contributed by atoms with van der Waals surface area (Å²) in [5, 5.41) is 10.9. The molecule has 2 saturated heterocycles. The molecule has 30 heavy (non-hydrogen) atoms. The molecular formula is C23H25N3O4. The molecule has 2 aromatic rings. The quantitative estimate of drug-likeness (QED) is 0.449. The van der Waals surface area contributed by atoms with Gasteiger partial charge >= 0.3 is 0 Å². The van der Waals surface area contributed by atoms with Crippen molar-refractivity contribution in [2.24, 2.45) is 0 Å². The third-order valence-corrected chi connectivity index (χ3v) is 5.56. The van der Waals surface area contributed by atoms with Crippen LogP contribution in [0.2, 0.25) is 0 Å². The van der Waals surface area contributed by atoms with Crippen LogP contribution in [-0.2, 0) is 14.3 Å². The number of hydrogen-bond donors (Lipinski definition) is 1. The molecule has 0 unspecified atom stereocenters. The van der Waals surface area contributed by atoms with Crippen LogP contribution in [0.15, 0.2) is 60.4 Å². The van der Waals surface area contributed by atoms with Crippen LogP contribution in [0, 0.1) is 0 Å². The molecule has 156 valence electrons. The average Bonchev–Trinajstić information content (AvgIpc) is 3.05. The summed E-state index contributed by atoms with van der Waals surface area (Å²) in [7, 11) is 0. The molecule has 1 aromatic carbocycles. The van der Waals surface area contributed by atoms with Crippen LogP contribution in [0.25, 0.3) is 5.76 Å². The van der Waals surface area contributed by atoms with E-state index < -0.39 is 17.7 Å². The van der Waals surface area contributed by atoms with Gasteiger partial charge in [0.15, 0.2) is 0 Å². The zero-order valence-corrected chi connectivity index (χ0v) is 16.7. The minimum absolute atomic E-state index is 0.116. The van der Waals surface area contributed by atoms with Crippen LogP contribution in [-0.4, -0.2) is 71.0 Å². The number of Topliss-reactive ketones (excluding diaryl/α,β-unsaturated/α-hetero) is 1. The molecular weight excluding hydrogens is 382 g/mol. The van der Waals surface area contributed by atoms with Crippen molar-refractivity contribution in [3.05, 3.63) is 71.6 Å². The number of aliphatic hydroxyl groups excluding tert-OH is 1. The highest BCUT2D eigenvalue weighted by Gasteiger charge is 2.45. The van der Waals surface area contributed by atoms with Gasteiger partial charge in [-0.05, 0) is 18.1 Å². The van der Waals surface area contributed by atoms with Crippen molar-refractivity contribution >= 4 is 17.4 Å². The molecule has 2 fully saturated rings. The summed E-state index contributed by atoms with van der Waals surface area (Å²) in [4.78, 5) is 33.8. The monoisotopic (exact) mass is 407 g/mol. The molecule has 2 aliphatic rings. The highest BCUT2D eigenvalue weighted by atomic mass is 16.5. The van der Waals surface area contributed by atoms with E-state index in [2.05, 4.69) is 9.88 Å². The molecule has 1 amide bonds. The van der Waals surface area contributed by atoms with Gasteiger partial charge in [-0.25, -0.2) is 0 Å². The summed E-state index contributed by atoms with van der Waals surface area (Å²) in [5.41, 5.74) is 1.34. The predicted molar refractivity (Wildman–Crippen MR) is 112 cm³/mol. The summed E-state index contributed by atoms with van der Waals surface area (Å²) in [6, 6.07) is 11.8. The number of rotatable bonds is 6. The van der Waals surface area contributed by atoms with Crippen molar-refractivity contribution in [1.29, 1.82) is 0 Å². The Balaban J connectivity index is 1.63. The number of ether oxygens (including phenoxy) is 1. The number of ketones is 1. The van der Waals surface area contributed by atoms with Crippen LogP contribution in [0.5, 0.6) is 0 Å². The van der Waals surface area contributed by atoms with E-state index in [0.717, 1.165) is 39.3 Å². The normalized spacial score (nSPS) is 21.9. The van der Waals surface area contributed by atoms with E-state index in [0.29, 0.717) is 17.7 Å². The first kappa shape index (κ1) is 20.3. The number of pyridine rings is 1. The van der Waals surface area contributed by atoms with E-state index in [1.54, 1.807) is 47.6 Å². The van der Waals surface area contributed by atoms with Crippen LogP contribution in [0.3, 0.4) is 0 Å². The molecule has 0 spiro atoms. The lowest BCUT2D eigenvalue weighted by Gasteiger charge is -2.29. The van der Waals surface area contributed by atoms with Crippen LogP contribution in [0.4, 0.5) is 0 Å². The van der Waals surface area contributed by atoms with E-state index in [1.165, 1.54) is 0 Å². The van der Waals surface area contributed by atoms with E-state index >= 15 is 0 Å². The summed E-state index contributed by atoms with van der Waals surface area (Å²) in [6.07, 6.45) is 4.02. The van der Waals surface area contributed by atoms with Crippen molar-refractivity contribution in [2.45, 2.75) is 12.5 Å². The number of carbonyl (C=O) groups is 2. The maximum atomic E-state index is 12.9. The maximum Gasteiger partial charge on any atom is 0.295 e. The second kappa shape index (κ2) is 9.19. The van der Waals surface area contributed by atoms with E-state index in [9.17, 15) is 14.7 Å². The SMILES string of the molecule is O=C1C(=O)N(CCCN2CCOCC2)[C@@H](c2cccnc2)/C1=C(\O)c1ccccc1. The number of nitrogens with zero attached hydrogens (tertiary/aromatic N) is 3. The fraction of sp³-hybridized carbons (Fsp3) is 0.348. The number of hydrogen-bond acceptors (Lipinski definition) is 6. The van der Waals surface area contributed by atoms with E-state index in [-0.39, 0.29) is 11.3 Å². The third-order valence-electron chi connectivity index (χ3n) is 5.56. The third kappa shape index (κ3) is 4.13. The van der Waals surface area contributed by atoms with Crippen LogP contribution in [0.1, 0.15) is 23.6 Å². The van der Waals surface area contributed by atoms with E-state index in [1.807, 2.05) is 12.1 Å². The number of amides is 1. The van der Waals surface area contributed by atoms with Gasteiger partial charge in [-0.15, -0.1) is 0 Å². The summed E-state index contributed by atoms with van der Waals surface area (Å²) < 4.78 is 5.38. The van der Waals surface area contributed by atoms with Gasteiger partial charge in [-0.3, -0.25) is 19.5 Å². The number of aliphatic hydroxyl groups is 1. The minimum atomic E-state index is -0.656. The zero-order chi connectivity index (χ0) is 20.9. The van der Waals surface area contributed by atoms with Gasteiger partial charge in [-0.1, -0.05) is 36.4 Å². The predicted octanol–water partition coefficient (Wildman–Crippen LogP) is 2.23. The first-order valence-electron chi connectivity index (χ1n) is 10.2. The largest absolute Gasteiger partial charge is 0.507 e. The second-order valence-electron chi connectivity index (χ2n) is 7.45. The molecule has 1 atom stereocenters. The van der Waals surface area contributed by atoms with Gasteiger partial charge in [0.2, 0.25) is 0 Å². The molecule has 0 aliphatic carbocycles. The molecule has 4 rings (SSSR count). The number of carbonyl (C=O) groups excluding carboxylic acids is 2. The zero-order valence-electron chi connectivity index (χ0n) is 16.7. The first-order chi connectivity index (χ1) is 14.7. The molecule has 1 N–H and O–H groups in total. The molecule has 7 nitrogen and oxygen atoms in total. The van der Waals surface area contributed by atoms with Gasteiger partial charge in [-0.2, -0.15) is 0 Å². The molecule has 0 bridgehead atoms. The second-order valence-corrected chi connectivity index (χ2v) is 7.45. The Morgan fingerprint density at radius 1 is 1.07 bits per heavy atom. The summed E-state index contributed by atoms with van der Waals surface area (Å²) in [5.74, 6) is -1.39. The van der Waals surface area contributed by atoms with Crippen molar-refractivity contribution in [3.8, 4) is 0 Å². The topological polar surface area (TPSA) is 83.0 Å². The van der Waals surface area contributed by atoms with Gasteiger partial charge in [0, 0.05) is 44.1 Å². The van der Waals surface area contributed by atoms with Crippen molar-refractivity contribution < 1.29 is 19.4 Å². The molecule has 2 aliphatic heterocycles. The fourth-order valence-electron chi connectivity index (χ4n) is 4.04. The first-order valence-corrected chi connectivity index (χ1v) is 10.2. The van der Waals surface area contributed by atoms with Crippen LogP contribution >= 0.6 is 0 Å². The molecule has 0 saturated carbocycles. The number of benzene rings is 1. The number of aromatic nitrogens is 1. The van der Waals surface area contributed by atoms with Crippen molar-refractivity contribution in [3.63, 3.8) is 0 Å². The lowest BCUT2D eigenvalue weighted by atomic mass is 9.96. The summed E-state index contributed by atoms with van der Waals surface area (Å²) >= 11 is 0. The molecule has 1 aromatic heterocycles.